The molecule has 0 bridgehead atoms. The lowest BCUT2D eigenvalue weighted by Crippen LogP contribution is -2.49. The third kappa shape index (κ3) is 4.81. The van der Waals surface area contributed by atoms with E-state index in [1.54, 1.807) is 0 Å². The number of esters is 1. The van der Waals surface area contributed by atoms with Gasteiger partial charge < -0.3 is 4.74 Å². The van der Waals surface area contributed by atoms with E-state index in [0.717, 1.165) is 38.3 Å². The molecule has 1 aliphatic rings. The molecule has 0 N–H and O–H groups in total. The summed E-state index contributed by atoms with van der Waals surface area (Å²) in [6.45, 7) is 4.53. The summed E-state index contributed by atoms with van der Waals surface area (Å²) in [6.07, 6.45) is 4.37. The molecule has 4 nitrogen and oxygen atoms in total. The number of methoxy groups -OCH3 is 1. The fourth-order valence-electron chi connectivity index (χ4n) is 3.35. The monoisotopic (exact) mass is 350 g/mol. The summed E-state index contributed by atoms with van der Waals surface area (Å²) in [5.41, 5.74) is 2.22. The molecule has 0 aliphatic carbocycles. The van der Waals surface area contributed by atoms with Crippen LogP contribution in [0.5, 0.6) is 0 Å². The molecule has 1 heterocycles. The molecule has 0 saturated carbocycles. The average Bonchev–Trinajstić information content (AvgIpc) is 2.71. The molecule has 4 heteroatoms. The van der Waals surface area contributed by atoms with Crippen molar-refractivity contribution in [3.8, 4) is 0 Å². The molecule has 1 unspecified atom stereocenters. The largest absolute Gasteiger partial charge is 0.468 e. The zero-order valence-corrected chi connectivity index (χ0v) is 15.3. The van der Waals surface area contributed by atoms with Crippen LogP contribution in [-0.4, -0.2) is 55.6 Å². The zero-order chi connectivity index (χ0) is 18.2. The summed E-state index contributed by atoms with van der Waals surface area (Å²) in [7, 11) is 1.46. The van der Waals surface area contributed by atoms with Crippen molar-refractivity contribution in [2.45, 2.75) is 6.04 Å². The Hall–Kier alpha value is -2.43. The molecule has 0 spiro atoms. The van der Waals surface area contributed by atoms with Gasteiger partial charge in [0.2, 0.25) is 0 Å². The van der Waals surface area contributed by atoms with Crippen molar-refractivity contribution >= 4 is 12.0 Å². The van der Waals surface area contributed by atoms with Gasteiger partial charge in [0.05, 0.1) is 7.11 Å². The van der Waals surface area contributed by atoms with Gasteiger partial charge in [0.1, 0.15) is 6.04 Å². The fraction of sp³-hybridized carbons (Fsp3) is 0.318. The van der Waals surface area contributed by atoms with E-state index in [0.29, 0.717) is 0 Å². The van der Waals surface area contributed by atoms with Crippen LogP contribution in [-0.2, 0) is 9.53 Å². The Morgan fingerprint density at radius 1 is 1.00 bits per heavy atom. The SMILES string of the molecule is COC(=O)C(c1ccccc1)N1CCN(CC=Cc2ccccc2)CC1. The maximum Gasteiger partial charge on any atom is 0.327 e. The number of nitrogens with zero attached hydrogens (tertiary/aromatic N) is 2. The van der Waals surface area contributed by atoms with Crippen molar-refractivity contribution in [1.29, 1.82) is 0 Å². The highest BCUT2D eigenvalue weighted by Crippen LogP contribution is 2.23. The molecular weight excluding hydrogens is 324 g/mol. The molecule has 2 aromatic rings. The Bertz CT molecular complexity index is 707. The van der Waals surface area contributed by atoms with Crippen molar-refractivity contribution in [2.75, 3.05) is 39.8 Å². The van der Waals surface area contributed by atoms with E-state index >= 15 is 0 Å². The van der Waals surface area contributed by atoms with Crippen LogP contribution in [0.4, 0.5) is 0 Å². The van der Waals surface area contributed by atoms with Crippen LogP contribution < -0.4 is 0 Å². The lowest BCUT2D eigenvalue weighted by Gasteiger charge is -2.37. The number of hydrogen-bond donors (Lipinski definition) is 0. The molecule has 136 valence electrons. The van der Waals surface area contributed by atoms with Gasteiger partial charge in [0.15, 0.2) is 0 Å². The van der Waals surface area contributed by atoms with Crippen LogP contribution in [0, 0.1) is 0 Å². The topological polar surface area (TPSA) is 32.8 Å². The van der Waals surface area contributed by atoms with Crippen LogP contribution in [0.25, 0.3) is 6.08 Å². The van der Waals surface area contributed by atoms with Crippen LogP contribution in [0.15, 0.2) is 66.7 Å². The van der Waals surface area contributed by atoms with Crippen LogP contribution in [0.3, 0.4) is 0 Å². The summed E-state index contributed by atoms with van der Waals surface area (Å²) in [5, 5.41) is 0. The molecule has 1 fully saturated rings. The van der Waals surface area contributed by atoms with E-state index in [2.05, 4.69) is 46.2 Å². The average molecular weight is 350 g/mol. The van der Waals surface area contributed by atoms with E-state index in [4.69, 9.17) is 4.74 Å². The molecule has 1 atom stereocenters. The second-order valence-electron chi connectivity index (χ2n) is 6.49. The maximum atomic E-state index is 12.3. The van der Waals surface area contributed by atoms with Gasteiger partial charge in [0.25, 0.3) is 0 Å². The fourth-order valence-corrected chi connectivity index (χ4v) is 3.35. The highest BCUT2D eigenvalue weighted by atomic mass is 16.5. The first-order valence-corrected chi connectivity index (χ1v) is 9.08. The first-order chi connectivity index (χ1) is 12.8. The molecule has 1 saturated heterocycles. The summed E-state index contributed by atoms with van der Waals surface area (Å²) >= 11 is 0. The standard InChI is InChI=1S/C22H26N2O2/c1-26-22(25)21(20-12-6-3-7-13-20)24-17-15-23(16-18-24)14-8-11-19-9-4-2-5-10-19/h2-13,21H,14-18H2,1H3. The second-order valence-corrected chi connectivity index (χ2v) is 6.49. The smallest absolute Gasteiger partial charge is 0.327 e. The van der Waals surface area contributed by atoms with Crippen molar-refractivity contribution in [3.05, 3.63) is 77.9 Å². The van der Waals surface area contributed by atoms with Crippen molar-refractivity contribution in [2.24, 2.45) is 0 Å². The predicted molar refractivity (Wildman–Crippen MR) is 105 cm³/mol. The maximum absolute atomic E-state index is 12.3. The highest BCUT2D eigenvalue weighted by Gasteiger charge is 2.30. The van der Waals surface area contributed by atoms with E-state index in [1.165, 1.54) is 12.7 Å². The second kappa shape index (κ2) is 9.32. The van der Waals surface area contributed by atoms with Crippen molar-refractivity contribution < 1.29 is 9.53 Å². The lowest BCUT2D eigenvalue weighted by molar-refractivity contribution is -0.148. The highest BCUT2D eigenvalue weighted by molar-refractivity contribution is 5.77. The third-order valence-electron chi connectivity index (χ3n) is 4.79. The van der Waals surface area contributed by atoms with Crippen molar-refractivity contribution in [3.63, 3.8) is 0 Å². The molecule has 0 radical (unpaired) electrons. The summed E-state index contributed by atoms with van der Waals surface area (Å²) in [6, 6.07) is 19.9. The van der Waals surface area contributed by atoms with E-state index in [9.17, 15) is 4.79 Å². The number of hydrogen-bond acceptors (Lipinski definition) is 4. The minimum absolute atomic E-state index is 0.186. The minimum Gasteiger partial charge on any atom is -0.468 e. The molecular formula is C22H26N2O2. The van der Waals surface area contributed by atoms with Gasteiger partial charge in [-0.3, -0.25) is 9.80 Å². The van der Waals surface area contributed by atoms with Crippen molar-refractivity contribution in [1.82, 2.24) is 9.80 Å². The molecule has 0 amide bonds. The molecule has 0 aromatic heterocycles. The number of benzene rings is 2. The van der Waals surface area contributed by atoms with Crippen LogP contribution >= 0.6 is 0 Å². The van der Waals surface area contributed by atoms with Gasteiger partial charge >= 0.3 is 5.97 Å². The van der Waals surface area contributed by atoms with Gasteiger partial charge in [-0.15, -0.1) is 0 Å². The van der Waals surface area contributed by atoms with E-state index < -0.39 is 0 Å². The summed E-state index contributed by atoms with van der Waals surface area (Å²) in [4.78, 5) is 17.0. The number of piperazine rings is 1. The molecule has 1 aliphatic heterocycles. The van der Waals surface area contributed by atoms with E-state index in [-0.39, 0.29) is 12.0 Å². The molecule has 2 aromatic carbocycles. The number of carbonyl (C=O) groups excluding carboxylic acids is 1. The van der Waals surface area contributed by atoms with Crippen LogP contribution in [0.2, 0.25) is 0 Å². The number of rotatable bonds is 6. The first-order valence-electron chi connectivity index (χ1n) is 9.08. The molecule has 26 heavy (non-hydrogen) atoms. The van der Waals surface area contributed by atoms with Gasteiger partial charge in [-0.05, 0) is 11.1 Å². The Morgan fingerprint density at radius 2 is 1.62 bits per heavy atom. The number of ether oxygens (including phenoxy) is 1. The van der Waals surface area contributed by atoms with Gasteiger partial charge in [-0.2, -0.15) is 0 Å². The summed E-state index contributed by atoms with van der Waals surface area (Å²) in [5.74, 6) is -0.186. The molecule has 3 rings (SSSR count). The van der Waals surface area contributed by atoms with E-state index in [1.807, 2.05) is 36.4 Å². The van der Waals surface area contributed by atoms with Gasteiger partial charge in [0, 0.05) is 32.7 Å². The van der Waals surface area contributed by atoms with Gasteiger partial charge in [-0.25, -0.2) is 4.79 Å². The lowest BCUT2D eigenvalue weighted by atomic mass is 10.0. The summed E-state index contributed by atoms with van der Waals surface area (Å²) < 4.78 is 5.06. The Kier molecular flexibility index (Phi) is 6.58. The van der Waals surface area contributed by atoms with Gasteiger partial charge in [-0.1, -0.05) is 72.8 Å². The first kappa shape index (κ1) is 18.4. The minimum atomic E-state index is -0.316. The third-order valence-corrected chi connectivity index (χ3v) is 4.79. The van der Waals surface area contributed by atoms with Crippen LogP contribution in [0.1, 0.15) is 17.2 Å². The Balaban J connectivity index is 1.56. The zero-order valence-electron chi connectivity index (χ0n) is 15.3. The predicted octanol–water partition coefficient (Wildman–Crippen LogP) is 3.23. The Labute approximate surface area is 155 Å². The quantitative estimate of drug-likeness (QED) is 0.749. The normalized spacial score (nSPS) is 17.3. The Morgan fingerprint density at radius 3 is 2.23 bits per heavy atom. The number of carbonyl (C=O) groups is 1.